The number of benzene rings is 1. The van der Waals surface area contributed by atoms with Crippen molar-refractivity contribution in [3.05, 3.63) is 125 Å². The van der Waals surface area contributed by atoms with Gasteiger partial charge in [0.15, 0.2) is 0 Å². The molecule has 1 aliphatic carbocycles. The zero-order valence-electron chi connectivity index (χ0n) is 40.1. The minimum Gasteiger partial charge on any atom is -0.382 e. The summed E-state index contributed by atoms with van der Waals surface area (Å²) in [5.74, 6) is 4.37. The molecule has 1 aliphatic rings. The molecule has 58 heavy (non-hydrogen) atoms. The molecule has 0 saturated carbocycles. The third-order valence-corrected chi connectivity index (χ3v) is 13.6. The zero-order chi connectivity index (χ0) is 43.6. The van der Waals surface area contributed by atoms with Crippen molar-refractivity contribution in [3.63, 3.8) is 0 Å². The van der Waals surface area contributed by atoms with Gasteiger partial charge in [-0.3, -0.25) is 0 Å². The van der Waals surface area contributed by atoms with Crippen LogP contribution in [0.25, 0.3) is 10.1 Å². The highest BCUT2D eigenvalue weighted by Crippen LogP contribution is 2.48. The quantitative estimate of drug-likeness (QED) is 0.0891. The second-order valence-electron chi connectivity index (χ2n) is 21.1. The van der Waals surface area contributed by atoms with Crippen LogP contribution in [0.15, 0.2) is 114 Å². The van der Waals surface area contributed by atoms with E-state index in [1.54, 1.807) is 0 Å². The van der Waals surface area contributed by atoms with Gasteiger partial charge in [0, 0.05) is 16.9 Å². The summed E-state index contributed by atoms with van der Waals surface area (Å²) in [6.45, 7) is 44.6. The van der Waals surface area contributed by atoms with Crippen LogP contribution in [0.2, 0.25) is 0 Å². The second-order valence-corrected chi connectivity index (χ2v) is 22.3. The molecule has 3 atom stereocenters. The van der Waals surface area contributed by atoms with Gasteiger partial charge >= 0.3 is 0 Å². The monoisotopic (exact) mass is 803 g/mol. The Kier molecular flexibility index (Phi) is 17.6. The van der Waals surface area contributed by atoms with Crippen molar-refractivity contribution >= 4 is 32.9 Å². The van der Waals surface area contributed by atoms with Crippen LogP contribution in [0.1, 0.15) is 155 Å². The van der Waals surface area contributed by atoms with E-state index in [1.165, 1.54) is 62.7 Å². The van der Waals surface area contributed by atoms with E-state index in [1.807, 2.05) is 11.3 Å². The van der Waals surface area contributed by atoms with Crippen LogP contribution < -0.4 is 15.4 Å². The maximum Gasteiger partial charge on any atom is 0.250 e. The molecule has 3 unspecified atom stereocenters. The number of hydrogen-bond donors (Lipinski definition) is 2. The van der Waals surface area contributed by atoms with E-state index in [0.29, 0.717) is 17.8 Å². The first-order valence-corrected chi connectivity index (χ1v) is 23.2. The van der Waals surface area contributed by atoms with Crippen molar-refractivity contribution in [3.8, 4) is 0 Å². The normalized spacial score (nSPS) is 18.5. The lowest BCUT2D eigenvalue weighted by Crippen LogP contribution is -2.34. The number of thiophene rings is 1. The van der Waals surface area contributed by atoms with Crippen LogP contribution in [0.3, 0.4) is 0 Å². The average Bonchev–Trinajstić information content (AvgIpc) is 3.54. The molecule has 2 nitrogen and oxygen atoms in total. The molecule has 3 rings (SSSR count). The maximum absolute atomic E-state index is 4.37. The van der Waals surface area contributed by atoms with E-state index < -0.39 is 0 Å². The van der Waals surface area contributed by atoms with Crippen molar-refractivity contribution < 1.29 is 0 Å². The third kappa shape index (κ3) is 13.4. The Morgan fingerprint density at radius 1 is 0.862 bits per heavy atom. The number of rotatable bonds is 18. The lowest BCUT2D eigenvalue weighted by Gasteiger charge is -2.41. The molecule has 0 amide bonds. The number of hydrogen-bond acceptors (Lipinski definition) is 3. The smallest absolute Gasteiger partial charge is 0.250 e. The molecule has 0 saturated heterocycles. The van der Waals surface area contributed by atoms with Gasteiger partial charge in [0.2, 0.25) is 0 Å². The molecule has 1 aromatic carbocycles. The van der Waals surface area contributed by atoms with Crippen LogP contribution in [-0.2, 0) is 10.8 Å². The summed E-state index contributed by atoms with van der Waals surface area (Å²) in [6.07, 6.45) is 27.7. The van der Waals surface area contributed by atoms with Crippen LogP contribution in [0.4, 0.5) is 0 Å². The molecule has 4 heteroatoms. The van der Waals surface area contributed by atoms with Gasteiger partial charge < -0.3 is 10.6 Å². The fraction of sp³-hybridized carbons (Fsp3) is 0.556. The SMILES string of the molecule is C=C(C)/C=C(NC/C=C\C(=C/C)C(C)CCC(C)C)\C(=C\N/C=C/C(C(/C=C/C)C(C)(C)C)C(C)(C)C)B(/C=C/C)c1cc2cc3c(cc2s1)C(C)(C)CCC3(C)C. The fourth-order valence-corrected chi connectivity index (χ4v) is 9.88. The minimum atomic E-state index is 0.0364. The third-order valence-electron chi connectivity index (χ3n) is 12.5. The minimum absolute atomic E-state index is 0.0364. The van der Waals surface area contributed by atoms with Crippen molar-refractivity contribution in [1.82, 2.24) is 10.6 Å². The van der Waals surface area contributed by atoms with Crippen molar-refractivity contribution in [1.29, 1.82) is 0 Å². The number of allylic oxidation sites excluding steroid dienone is 10. The van der Waals surface area contributed by atoms with Gasteiger partial charge in [-0.25, -0.2) is 0 Å². The summed E-state index contributed by atoms with van der Waals surface area (Å²) in [5.41, 5.74) is 8.30. The first-order chi connectivity index (χ1) is 27.0. The Morgan fingerprint density at radius 2 is 1.47 bits per heavy atom. The largest absolute Gasteiger partial charge is 0.382 e. The van der Waals surface area contributed by atoms with Crippen LogP contribution in [0.5, 0.6) is 0 Å². The molecular formula is C54H83BN2S. The molecule has 1 aromatic heterocycles. The van der Waals surface area contributed by atoms with Crippen molar-refractivity contribution in [2.45, 2.75) is 154 Å². The summed E-state index contributed by atoms with van der Waals surface area (Å²) >= 11 is 1.94. The van der Waals surface area contributed by atoms with Gasteiger partial charge in [0.1, 0.15) is 0 Å². The predicted molar refractivity (Wildman–Crippen MR) is 265 cm³/mol. The van der Waals surface area contributed by atoms with Gasteiger partial charge in [0.25, 0.3) is 6.71 Å². The van der Waals surface area contributed by atoms with Crippen molar-refractivity contribution in [2.24, 2.45) is 34.5 Å². The molecule has 0 radical (unpaired) electrons. The molecule has 0 aliphatic heterocycles. The standard InChI is InChI=1S/C54H83BN2S/c1-19-23-43(51(9,10)11)44(52(12,13)14)27-32-56-37-47(48(33-39(6)7)57-31-22-24-41(21-3)40(8)26-25-38(4)5)55(30-20-2)50-35-42-34-45-46(36-49(42)58-50)54(17,18)29-28-53(45,15)16/h19-24,27,30,32-38,40,43-44,56-57H,6,25-26,28-29,31H2,1-5,7-18H3/b23-19+,24-22-,30-20+,32-27+,41-21+,47-37-,48-33+. The molecule has 0 spiro atoms. The van der Waals surface area contributed by atoms with E-state index in [0.717, 1.165) is 23.7 Å². The summed E-state index contributed by atoms with van der Waals surface area (Å²) in [6, 6.07) is 7.50. The molecule has 1 heterocycles. The van der Waals surface area contributed by atoms with Crippen molar-refractivity contribution in [2.75, 3.05) is 6.54 Å². The molecular weight excluding hydrogens is 719 g/mol. The summed E-state index contributed by atoms with van der Waals surface area (Å²) in [5, 5.41) is 8.94. The summed E-state index contributed by atoms with van der Waals surface area (Å²) in [4.78, 5) is 0. The fourth-order valence-electron chi connectivity index (χ4n) is 8.69. The maximum atomic E-state index is 4.37. The van der Waals surface area contributed by atoms with Gasteiger partial charge in [0.05, 0.1) is 0 Å². The van der Waals surface area contributed by atoms with E-state index in [4.69, 9.17) is 0 Å². The molecule has 2 N–H and O–H groups in total. The predicted octanol–water partition coefficient (Wildman–Crippen LogP) is 15.1. The summed E-state index contributed by atoms with van der Waals surface area (Å²) in [7, 11) is 0. The molecule has 318 valence electrons. The summed E-state index contributed by atoms with van der Waals surface area (Å²) < 4.78 is 2.72. The van der Waals surface area contributed by atoms with E-state index in [9.17, 15) is 0 Å². The van der Waals surface area contributed by atoms with E-state index in [2.05, 4.69) is 220 Å². The number of fused-ring (bicyclic) bond motifs is 2. The average molecular weight is 803 g/mol. The Balaban J connectivity index is 2.18. The van der Waals surface area contributed by atoms with Crippen LogP contribution in [0, 0.1) is 34.5 Å². The van der Waals surface area contributed by atoms with Gasteiger partial charge in [-0.15, -0.1) is 17.3 Å². The highest BCUT2D eigenvalue weighted by atomic mass is 32.1. The Hall–Kier alpha value is -3.24. The van der Waals surface area contributed by atoms with E-state index >= 15 is 0 Å². The van der Waals surface area contributed by atoms with Gasteiger partial charge in [-0.1, -0.05) is 151 Å². The van der Waals surface area contributed by atoms with Gasteiger partial charge in [-0.2, -0.15) is 0 Å². The lowest BCUT2D eigenvalue weighted by molar-refractivity contribution is 0.143. The first kappa shape index (κ1) is 49.1. The first-order valence-electron chi connectivity index (χ1n) is 22.4. The Labute approximate surface area is 362 Å². The van der Waals surface area contributed by atoms with Gasteiger partial charge in [-0.05, 0) is 161 Å². The molecule has 2 aromatic rings. The Bertz CT molecular complexity index is 1830. The topological polar surface area (TPSA) is 24.1 Å². The lowest BCUT2D eigenvalue weighted by atomic mass is 9.42. The van der Waals surface area contributed by atoms with E-state index in [-0.39, 0.29) is 28.4 Å². The highest BCUT2D eigenvalue weighted by Gasteiger charge is 2.38. The second kappa shape index (κ2) is 20.8. The number of nitrogens with one attached hydrogen (secondary N) is 2. The molecule has 0 bridgehead atoms. The Morgan fingerprint density at radius 3 is 2.00 bits per heavy atom. The zero-order valence-corrected chi connectivity index (χ0v) is 40.9. The highest BCUT2D eigenvalue weighted by molar-refractivity contribution is 7.30. The molecule has 0 fully saturated rings. The van der Waals surface area contributed by atoms with Crippen LogP contribution in [-0.4, -0.2) is 13.3 Å². The van der Waals surface area contributed by atoms with Crippen LogP contribution >= 0.6 is 11.3 Å².